The molecule has 328 valence electrons. The van der Waals surface area contributed by atoms with Crippen molar-refractivity contribution in [1.82, 2.24) is 4.98 Å². The molecule has 3 nitrogen and oxygen atoms in total. The Morgan fingerprint density at radius 2 is 0.984 bits per heavy atom. The van der Waals surface area contributed by atoms with Crippen LogP contribution in [0.2, 0.25) is 0 Å². The summed E-state index contributed by atoms with van der Waals surface area (Å²) in [6.45, 7) is 13.1. The maximum Gasteiger partial charge on any atom is 0.496 e. The minimum Gasteiger partial charge on any atom is -0.399 e. The summed E-state index contributed by atoms with van der Waals surface area (Å²) < 4.78 is 12.8. The molecule has 0 N–H and O–H groups in total. The lowest BCUT2D eigenvalue weighted by atomic mass is 9.70. The Labute approximate surface area is 377 Å². The Balaban J connectivity index is 1.16. The predicted molar refractivity (Wildman–Crippen MR) is 265 cm³/mol. The van der Waals surface area contributed by atoms with Crippen LogP contribution < -0.4 is 5.46 Å². The van der Waals surface area contributed by atoms with E-state index in [-0.39, 0.29) is 16.6 Å². The summed E-state index contributed by atoms with van der Waals surface area (Å²) in [5.74, 6) is 0. The molecule has 0 bridgehead atoms. The van der Waals surface area contributed by atoms with Crippen molar-refractivity contribution in [2.75, 3.05) is 0 Å². The van der Waals surface area contributed by atoms with E-state index in [1.54, 1.807) is 5.56 Å². The van der Waals surface area contributed by atoms with Crippen LogP contribution in [0.1, 0.15) is 179 Å². The number of aromatic nitrogens is 1. The first kappa shape index (κ1) is 46.0. The molecule has 1 aliphatic carbocycles. The van der Waals surface area contributed by atoms with Crippen molar-refractivity contribution in [3.8, 4) is 33.5 Å². The third-order valence-corrected chi connectivity index (χ3v) is 14.7. The second-order valence-corrected chi connectivity index (χ2v) is 19.8. The molecule has 0 amide bonds. The van der Waals surface area contributed by atoms with Crippen LogP contribution in [0.5, 0.6) is 0 Å². The largest absolute Gasteiger partial charge is 0.496 e. The molecule has 1 saturated heterocycles. The first-order chi connectivity index (χ1) is 30.1. The third kappa shape index (κ3) is 11.0. The van der Waals surface area contributed by atoms with E-state index in [0.717, 1.165) is 17.6 Å². The van der Waals surface area contributed by atoms with E-state index >= 15 is 0 Å². The molecular formula is C58H76BNO2. The van der Waals surface area contributed by atoms with Gasteiger partial charge in [-0.05, 0) is 129 Å². The molecule has 0 atom stereocenters. The number of nitrogens with zero attached hydrogens (tertiary/aromatic N) is 1. The number of benzene rings is 4. The fraction of sp³-hybridized carbons (Fsp3) is 0.500. The maximum absolute atomic E-state index is 6.38. The van der Waals surface area contributed by atoms with Crippen LogP contribution >= 0.6 is 0 Å². The Kier molecular flexibility index (Phi) is 16.0. The van der Waals surface area contributed by atoms with E-state index in [1.165, 1.54) is 167 Å². The third-order valence-electron chi connectivity index (χ3n) is 14.7. The maximum atomic E-state index is 6.38. The number of hydrogen-bond acceptors (Lipinski definition) is 3. The van der Waals surface area contributed by atoms with Crippen LogP contribution in [0.3, 0.4) is 0 Å². The first-order valence-corrected chi connectivity index (χ1v) is 24.9. The summed E-state index contributed by atoms with van der Waals surface area (Å²) in [6, 6.07) is 39.5. The Bertz CT molecular complexity index is 2120. The van der Waals surface area contributed by atoms with Gasteiger partial charge in [0.25, 0.3) is 0 Å². The highest BCUT2D eigenvalue weighted by molar-refractivity contribution is 6.62. The van der Waals surface area contributed by atoms with Gasteiger partial charge in [-0.3, -0.25) is 4.98 Å². The van der Waals surface area contributed by atoms with E-state index in [0.29, 0.717) is 0 Å². The standard InChI is InChI=1S/C58H76BNO2/c1-7-9-11-13-17-24-39-58(40-25-18-14-12-10-8-2)53-42-48(47-32-26-31-46(41-47)30-21-16-15-20-27-45-28-22-19-23-29-45)33-36-51(53)52-37-34-49(43-54(52)58)55-38-35-50(44-60-55)59-61-56(3,4)57(5,6)62-59/h19,22-23,26,28-29,31-38,41-44H,7-18,20-21,24-25,27,30,39-40H2,1-6H3. The van der Waals surface area contributed by atoms with Crippen LogP contribution in [-0.2, 0) is 27.6 Å². The summed E-state index contributed by atoms with van der Waals surface area (Å²) in [4.78, 5) is 5.07. The zero-order valence-corrected chi connectivity index (χ0v) is 39.4. The fourth-order valence-electron chi connectivity index (χ4n) is 10.2. The minimum absolute atomic E-state index is 0.0216. The molecule has 62 heavy (non-hydrogen) atoms. The number of fused-ring (bicyclic) bond motifs is 3. The number of pyridine rings is 1. The summed E-state index contributed by atoms with van der Waals surface area (Å²) >= 11 is 0. The van der Waals surface area contributed by atoms with Gasteiger partial charge >= 0.3 is 7.12 Å². The summed E-state index contributed by atoms with van der Waals surface area (Å²) in [5, 5.41) is 0. The predicted octanol–water partition coefficient (Wildman–Crippen LogP) is 15.8. The average molecular weight is 830 g/mol. The molecule has 2 heterocycles. The van der Waals surface area contributed by atoms with Gasteiger partial charge in [0.15, 0.2) is 0 Å². The second-order valence-electron chi connectivity index (χ2n) is 19.8. The van der Waals surface area contributed by atoms with Crippen molar-refractivity contribution in [3.63, 3.8) is 0 Å². The molecule has 7 rings (SSSR count). The summed E-state index contributed by atoms with van der Waals surface area (Å²) in [7, 11) is -0.413. The van der Waals surface area contributed by atoms with E-state index < -0.39 is 7.12 Å². The van der Waals surface area contributed by atoms with Crippen LogP contribution in [0.15, 0.2) is 109 Å². The van der Waals surface area contributed by atoms with Gasteiger partial charge in [0.1, 0.15) is 0 Å². The number of aryl methyl sites for hydroxylation is 2. The molecule has 0 spiro atoms. The normalized spacial score (nSPS) is 15.8. The molecular weight excluding hydrogens is 753 g/mol. The lowest BCUT2D eigenvalue weighted by Crippen LogP contribution is -2.41. The van der Waals surface area contributed by atoms with Crippen molar-refractivity contribution in [2.45, 2.75) is 187 Å². The first-order valence-electron chi connectivity index (χ1n) is 24.9. The molecule has 4 heteroatoms. The van der Waals surface area contributed by atoms with Crippen LogP contribution in [0, 0.1) is 0 Å². The molecule has 5 aromatic rings. The fourth-order valence-corrected chi connectivity index (χ4v) is 10.2. The Morgan fingerprint density at radius 3 is 1.58 bits per heavy atom. The van der Waals surface area contributed by atoms with Gasteiger partial charge in [0, 0.05) is 22.6 Å². The van der Waals surface area contributed by atoms with Crippen LogP contribution in [0.25, 0.3) is 33.5 Å². The summed E-state index contributed by atoms with van der Waals surface area (Å²) in [6.07, 6.45) is 27.5. The molecule has 0 unspecified atom stereocenters. The van der Waals surface area contributed by atoms with Crippen molar-refractivity contribution < 1.29 is 9.31 Å². The molecule has 2 aliphatic rings. The quantitative estimate of drug-likeness (QED) is 0.0459. The average Bonchev–Trinajstić information content (AvgIpc) is 3.68. The summed E-state index contributed by atoms with van der Waals surface area (Å²) in [5.41, 5.74) is 13.9. The van der Waals surface area contributed by atoms with E-state index in [1.807, 2.05) is 6.20 Å². The smallest absolute Gasteiger partial charge is 0.399 e. The van der Waals surface area contributed by atoms with Gasteiger partial charge in [-0.25, -0.2) is 0 Å². The topological polar surface area (TPSA) is 31.4 Å². The highest BCUT2D eigenvalue weighted by Gasteiger charge is 2.52. The van der Waals surface area contributed by atoms with Crippen molar-refractivity contribution >= 4 is 12.6 Å². The number of rotatable bonds is 24. The van der Waals surface area contributed by atoms with E-state index in [2.05, 4.69) is 145 Å². The van der Waals surface area contributed by atoms with E-state index in [4.69, 9.17) is 14.3 Å². The molecule has 4 aromatic carbocycles. The Morgan fingerprint density at radius 1 is 0.468 bits per heavy atom. The molecule has 1 fully saturated rings. The lowest BCUT2D eigenvalue weighted by Gasteiger charge is -2.33. The van der Waals surface area contributed by atoms with Crippen LogP contribution in [-0.4, -0.2) is 23.3 Å². The number of hydrogen-bond donors (Lipinski definition) is 0. The lowest BCUT2D eigenvalue weighted by molar-refractivity contribution is 0.00578. The molecule has 0 saturated carbocycles. The van der Waals surface area contributed by atoms with Gasteiger partial charge in [-0.15, -0.1) is 0 Å². The molecule has 0 radical (unpaired) electrons. The molecule has 1 aliphatic heterocycles. The van der Waals surface area contributed by atoms with Gasteiger partial charge in [-0.2, -0.15) is 0 Å². The van der Waals surface area contributed by atoms with Crippen molar-refractivity contribution in [2.24, 2.45) is 0 Å². The Hall–Kier alpha value is -3.99. The van der Waals surface area contributed by atoms with Gasteiger partial charge in [0.2, 0.25) is 0 Å². The van der Waals surface area contributed by atoms with Crippen molar-refractivity contribution in [3.05, 3.63) is 132 Å². The van der Waals surface area contributed by atoms with Crippen molar-refractivity contribution in [1.29, 1.82) is 0 Å². The van der Waals surface area contributed by atoms with Gasteiger partial charge in [0.05, 0.1) is 16.9 Å². The van der Waals surface area contributed by atoms with Gasteiger partial charge in [-0.1, -0.05) is 189 Å². The van der Waals surface area contributed by atoms with Gasteiger partial charge < -0.3 is 9.31 Å². The zero-order chi connectivity index (χ0) is 43.4. The minimum atomic E-state index is -0.413. The second kappa shape index (κ2) is 21.6. The van der Waals surface area contributed by atoms with Crippen LogP contribution in [0.4, 0.5) is 0 Å². The highest BCUT2D eigenvalue weighted by Crippen LogP contribution is 2.56. The van der Waals surface area contributed by atoms with E-state index in [9.17, 15) is 0 Å². The molecule has 1 aromatic heterocycles. The zero-order valence-electron chi connectivity index (χ0n) is 39.4. The monoisotopic (exact) mass is 830 g/mol. The number of unbranched alkanes of at least 4 members (excludes halogenated alkanes) is 13. The SMILES string of the molecule is CCCCCCCCC1(CCCCCCCC)c2cc(-c3cccc(CCCCCCc4ccccc4)c3)ccc2-c2ccc(-c3ccc(B4OC(C)(C)C(C)(C)O4)cn3)cc21. The highest BCUT2D eigenvalue weighted by atomic mass is 16.7.